The van der Waals surface area contributed by atoms with E-state index < -0.39 is 17.4 Å². The summed E-state index contributed by atoms with van der Waals surface area (Å²) in [5.41, 5.74) is 0.424. The highest BCUT2D eigenvalue weighted by Crippen LogP contribution is 2.33. The molecule has 0 aliphatic heterocycles. The van der Waals surface area contributed by atoms with Crippen LogP contribution in [0.4, 0.5) is 0 Å². The number of carbonyl (C=O) groups excluding carboxylic acids is 2. The lowest BCUT2D eigenvalue weighted by atomic mass is 10.1. The number of aromatic amines is 1. The van der Waals surface area contributed by atoms with E-state index in [1.54, 1.807) is 37.3 Å². The Hall–Kier alpha value is -3.20. The van der Waals surface area contributed by atoms with Crippen LogP contribution in [0.5, 0.6) is 5.75 Å². The number of H-pyrrole nitrogens is 1. The Balaban J connectivity index is 2.12. The van der Waals surface area contributed by atoms with Gasteiger partial charge in [0.05, 0.1) is 16.6 Å². The number of esters is 1. The third-order valence-electron chi connectivity index (χ3n) is 3.89. The van der Waals surface area contributed by atoms with Crippen molar-refractivity contribution in [3.63, 3.8) is 0 Å². The largest absolute Gasteiger partial charge is 0.506 e. The van der Waals surface area contributed by atoms with Gasteiger partial charge in [-0.15, -0.1) is 0 Å². The number of fused-ring (bicyclic) bond motifs is 1. The molecule has 9 heteroatoms. The van der Waals surface area contributed by atoms with E-state index in [2.05, 4.69) is 31.2 Å². The summed E-state index contributed by atoms with van der Waals surface area (Å²) in [6.07, 6.45) is 0. The number of aromatic nitrogens is 2. The van der Waals surface area contributed by atoms with Crippen LogP contribution in [0.15, 0.2) is 45.7 Å². The first kappa shape index (κ1) is 19.6. The molecule has 1 heterocycles. The summed E-state index contributed by atoms with van der Waals surface area (Å²) in [5.74, 6) is -1.69. The first-order chi connectivity index (χ1) is 13.4. The Kier molecular flexibility index (Phi) is 5.74. The fourth-order valence-electron chi connectivity index (χ4n) is 2.64. The van der Waals surface area contributed by atoms with Gasteiger partial charge in [0, 0.05) is 5.56 Å². The number of benzene rings is 2. The van der Waals surface area contributed by atoms with Crippen LogP contribution in [0.1, 0.15) is 17.3 Å². The lowest BCUT2D eigenvalue weighted by Gasteiger charge is -2.12. The summed E-state index contributed by atoms with van der Waals surface area (Å²) in [6.45, 7) is 1.47. The molecular weight excluding hydrogens is 430 g/mol. The van der Waals surface area contributed by atoms with Crippen LogP contribution >= 0.6 is 15.9 Å². The number of phenolic OH excluding ortho intramolecular Hbond substituents is 1. The van der Waals surface area contributed by atoms with Crippen molar-refractivity contribution in [1.82, 2.24) is 15.3 Å². The highest BCUT2D eigenvalue weighted by molar-refractivity contribution is 9.10. The maximum absolute atomic E-state index is 12.6. The summed E-state index contributed by atoms with van der Waals surface area (Å²) in [5, 5.41) is 12.8. The van der Waals surface area contributed by atoms with Crippen molar-refractivity contribution in [3.05, 3.63) is 56.8 Å². The second-order valence-corrected chi connectivity index (χ2v) is 6.60. The topological polar surface area (TPSA) is 121 Å². The number of nitrogens with zero attached hydrogens (tertiary/aromatic N) is 1. The molecule has 144 valence electrons. The van der Waals surface area contributed by atoms with E-state index in [1.165, 1.54) is 6.07 Å². The minimum atomic E-state index is -0.726. The number of amides is 1. The summed E-state index contributed by atoms with van der Waals surface area (Å²) < 4.78 is 4.97. The van der Waals surface area contributed by atoms with Crippen molar-refractivity contribution in [3.8, 4) is 17.0 Å². The molecule has 28 heavy (non-hydrogen) atoms. The van der Waals surface area contributed by atoms with E-state index in [4.69, 9.17) is 4.74 Å². The molecule has 0 spiro atoms. The lowest BCUT2D eigenvalue weighted by molar-refractivity contribution is -0.141. The van der Waals surface area contributed by atoms with Crippen molar-refractivity contribution in [2.75, 3.05) is 13.2 Å². The molecule has 0 aliphatic carbocycles. The SMILES string of the molecule is CCOC(=O)CNC(=O)c1c(O)c(Br)cc2[nH]c(=O)c(-c3ccccc3)nc12. The van der Waals surface area contributed by atoms with Crippen LogP contribution in [0.2, 0.25) is 0 Å². The van der Waals surface area contributed by atoms with Crippen molar-refractivity contribution in [1.29, 1.82) is 0 Å². The molecule has 0 atom stereocenters. The number of ether oxygens (including phenoxy) is 1. The Morgan fingerprint density at radius 2 is 2.00 bits per heavy atom. The van der Waals surface area contributed by atoms with Crippen LogP contribution in [-0.2, 0) is 9.53 Å². The van der Waals surface area contributed by atoms with E-state index in [1.807, 2.05) is 0 Å². The molecular formula is C19H16BrN3O5. The molecule has 3 rings (SSSR count). The van der Waals surface area contributed by atoms with Gasteiger partial charge in [-0.25, -0.2) is 4.98 Å². The monoisotopic (exact) mass is 445 g/mol. The maximum Gasteiger partial charge on any atom is 0.325 e. The number of hydrogen-bond donors (Lipinski definition) is 3. The normalized spacial score (nSPS) is 10.6. The van der Waals surface area contributed by atoms with Gasteiger partial charge in [-0.05, 0) is 28.9 Å². The van der Waals surface area contributed by atoms with Gasteiger partial charge in [0.2, 0.25) is 0 Å². The van der Waals surface area contributed by atoms with Crippen LogP contribution in [0, 0.1) is 0 Å². The molecule has 0 radical (unpaired) electrons. The second kappa shape index (κ2) is 8.22. The number of halogens is 1. The predicted molar refractivity (Wildman–Crippen MR) is 106 cm³/mol. The Morgan fingerprint density at radius 3 is 2.68 bits per heavy atom. The summed E-state index contributed by atoms with van der Waals surface area (Å²) in [6, 6.07) is 10.2. The van der Waals surface area contributed by atoms with Gasteiger partial charge in [0.15, 0.2) is 0 Å². The number of phenols is 1. The highest BCUT2D eigenvalue weighted by atomic mass is 79.9. The van der Waals surface area contributed by atoms with Gasteiger partial charge in [-0.1, -0.05) is 30.3 Å². The maximum atomic E-state index is 12.6. The quantitative estimate of drug-likeness (QED) is 0.518. The standard InChI is InChI=1S/C19H16BrN3O5/c1-2-28-13(24)9-21-18(26)14-16-12(8-11(20)17(14)25)22-19(27)15(23-16)10-6-4-3-5-7-10/h3-8,25H,2,9H2,1H3,(H,21,26)(H,22,27). The molecule has 3 N–H and O–H groups in total. The molecule has 0 unspecified atom stereocenters. The molecule has 3 aromatic rings. The zero-order chi connectivity index (χ0) is 20.3. The molecule has 0 saturated carbocycles. The van der Waals surface area contributed by atoms with E-state index in [0.29, 0.717) is 5.56 Å². The van der Waals surface area contributed by atoms with Crippen LogP contribution < -0.4 is 10.9 Å². The number of carbonyl (C=O) groups is 2. The Labute approximate surface area is 167 Å². The molecule has 1 aromatic heterocycles. The minimum Gasteiger partial charge on any atom is -0.506 e. The van der Waals surface area contributed by atoms with Gasteiger partial charge < -0.3 is 20.1 Å². The first-order valence-corrected chi connectivity index (χ1v) is 9.16. The second-order valence-electron chi connectivity index (χ2n) is 5.75. The number of hydrogen-bond acceptors (Lipinski definition) is 6. The van der Waals surface area contributed by atoms with Crippen LogP contribution in [-0.4, -0.2) is 40.1 Å². The van der Waals surface area contributed by atoms with Crippen molar-refractivity contribution in [2.24, 2.45) is 0 Å². The van der Waals surface area contributed by atoms with E-state index in [-0.39, 0.29) is 45.7 Å². The summed E-state index contributed by atoms with van der Waals surface area (Å²) >= 11 is 3.16. The molecule has 2 aromatic carbocycles. The van der Waals surface area contributed by atoms with Crippen LogP contribution in [0.25, 0.3) is 22.3 Å². The minimum absolute atomic E-state index is 0.0977. The number of nitrogens with one attached hydrogen (secondary N) is 2. The van der Waals surface area contributed by atoms with E-state index in [0.717, 1.165) is 0 Å². The number of aromatic hydroxyl groups is 1. The molecule has 0 fully saturated rings. The summed E-state index contributed by atoms with van der Waals surface area (Å²) in [4.78, 5) is 43.6. The predicted octanol–water partition coefficient (Wildman–Crippen LogP) is 2.35. The number of rotatable bonds is 5. The average Bonchev–Trinajstić information content (AvgIpc) is 2.68. The van der Waals surface area contributed by atoms with Gasteiger partial charge in [0.1, 0.15) is 29.1 Å². The van der Waals surface area contributed by atoms with Gasteiger partial charge in [-0.3, -0.25) is 14.4 Å². The zero-order valence-electron chi connectivity index (χ0n) is 14.8. The first-order valence-electron chi connectivity index (χ1n) is 8.37. The van der Waals surface area contributed by atoms with Gasteiger partial charge in [-0.2, -0.15) is 0 Å². The molecule has 0 bridgehead atoms. The molecule has 0 saturated heterocycles. The zero-order valence-corrected chi connectivity index (χ0v) is 16.4. The van der Waals surface area contributed by atoms with Crippen molar-refractivity contribution < 1.29 is 19.4 Å². The van der Waals surface area contributed by atoms with Crippen molar-refractivity contribution in [2.45, 2.75) is 6.92 Å². The van der Waals surface area contributed by atoms with Crippen LogP contribution in [0.3, 0.4) is 0 Å². The van der Waals surface area contributed by atoms with E-state index >= 15 is 0 Å². The average molecular weight is 446 g/mol. The Bertz CT molecular complexity index is 1110. The molecule has 8 nitrogen and oxygen atoms in total. The molecule has 0 aliphatic rings. The Morgan fingerprint density at radius 1 is 1.29 bits per heavy atom. The fraction of sp³-hybridized carbons (Fsp3) is 0.158. The van der Waals surface area contributed by atoms with Gasteiger partial charge >= 0.3 is 5.97 Å². The molecule has 1 amide bonds. The summed E-state index contributed by atoms with van der Waals surface area (Å²) in [7, 11) is 0. The highest BCUT2D eigenvalue weighted by Gasteiger charge is 2.22. The third kappa shape index (κ3) is 3.89. The van der Waals surface area contributed by atoms with Gasteiger partial charge in [0.25, 0.3) is 11.5 Å². The van der Waals surface area contributed by atoms with Crippen molar-refractivity contribution >= 4 is 38.8 Å². The lowest BCUT2D eigenvalue weighted by Crippen LogP contribution is -2.31. The fourth-order valence-corrected chi connectivity index (χ4v) is 3.07. The third-order valence-corrected chi connectivity index (χ3v) is 4.49. The smallest absolute Gasteiger partial charge is 0.325 e. The van der Waals surface area contributed by atoms with E-state index in [9.17, 15) is 19.5 Å².